The van der Waals surface area contributed by atoms with E-state index < -0.39 is 0 Å². The van der Waals surface area contributed by atoms with Crippen molar-refractivity contribution in [2.75, 3.05) is 0 Å². The average Bonchev–Trinajstić information content (AvgIpc) is 3.60. The molecule has 10 rings (SSSR count). The molecule has 0 atom stereocenters. The summed E-state index contributed by atoms with van der Waals surface area (Å²) >= 11 is 0. The quantitative estimate of drug-likeness (QED) is 0.186. The van der Waals surface area contributed by atoms with Crippen LogP contribution in [0.1, 0.15) is 0 Å². The van der Waals surface area contributed by atoms with Gasteiger partial charge in [0.2, 0.25) is 0 Å². The van der Waals surface area contributed by atoms with Crippen LogP contribution in [0.4, 0.5) is 0 Å². The Labute approximate surface area is 294 Å². The summed E-state index contributed by atoms with van der Waals surface area (Å²) in [6, 6.07) is 61.0. The fourth-order valence-corrected chi connectivity index (χ4v) is 7.26. The van der Waals surface area contributed by atoms with Crippen molar-refractivity contribution < 1.29 is 4.42 Å². The van der Waals surface area contributed by atoms with Gasteiger partial charge >= 0.3 is 0 Å². The molecule has 0 fully saturated rings. The largest absolute Gasteiger partial charge is 0.455 e. The van der Waals surface area contributed by atoms with Gasteiger partial charge in [-0.1, -0.05) is 152 Å². The van der Waals surface area contributed by atoms with E-state index in [0.29, 0.717) is 17.5 Å². The van der Waals surface area contributed by atoms with Gasteiger partial charge in [0.15, 0.2) is 17.5 Å². The van der Waals surface area contributed by atoms with Gasteiger partial charge in [0, 0.05) is 33.0 Å². The summed E-state index contributed by atoms with van der Waals surface area (Å²) in [6.45, 7) is 0. The highest BCUT2D eigenvalue weighted by Crippen LogP contribution is 2.43. The van der Waals surface area contributed by atoms with E-state index in [2.05, 4.69) is 140 Å². The van der Waals surface area contributed by atoms with Gasteiger partial charge in [0.05, 0.1) is 0 Å². The lowest BCUT2D eigenvalue weighted by molar-refractivity contribution is 0.670. The molecule has 0 aliphatic heterocycles. The smallest absolute Gasteiger partial charge is 0.164 e. The maximum absolute atomic E-state index is 6.65. The third kappa shape index (κ3) is 5.04. The number of hydrogen-bond donors (Lipinski definition) is 0. The number of benzene rings is 8. The number of furan rings is 1. The second kappa shape index (κ2) is 11.9. The van der Waals surface area contributed by atoms with E-state index in [1.807, 2.05) is 36.4 Å². The summed E-state index contributed by atoms with van der Waals surface area (Å²) in [4.78, 5) is 15.3. The first-order valence-electron chi connectivity index (χ1n) is 17.1. The number of para-hydroxylation sites is 1. The van der Waals surface area contributed by atoms with Crippen LogP contribution in [0.3, 0.4) is 0 Å². The van der Waals surface area contributed by atoms with Crippen LogP contribution in [0.25, 0.3) is 99.9 Å². The Morgan fingerprint density at radius 3 is 1.73 bits per heavy atom. The van der Waals surface area contributed by atoms with Crippen LogP contribution in [0, 0.1) is 0 Å². The summed E-state index contributed by atoms with van der Waals surface area (Å²) in [6.07, 6.45) is 0. The van der Waals surface area contributed by atoms with Crippen molar-refractivity contribution in [2.24, 2.45) is 0 Å². The first kappa shape index (κ1) is 29.0. The van der Waals surface area contributed by atoms with Gasteiger partial charge in [0.1, 0.15) is 11.2 Å². The van der Waals surface area contributed by atoms with Crippen molar-refractivity contribution in [3.8, 4) is 56.4 Å². The molecule has 0 saturated heterocycles. The predicted octanol–water partition coefficient (Wildman–Crippen LogP) is 12.4. The molecular formula is C47H29N3O. The lowest BCUT2D eigenvalue weighted by Crippen LogP contribution is -2.00. The van der Waals surface area contributed by atoms with Crippen LogP contribution in [-0.4, -0.2) is 15.0 Å². The molecule has 0 radical (unpaired) electrons. The summed E-state index contributed by atoms with van der Waals surface area (Å²) in [5, 5.41) is 6.74. The Kier molecular flexibility index (Phi) is 6.78. The zero-order valence-electron chi connectivity index (χ0n) is 27.5. The number of nitrogens with zero attached hydrogens (tertiary/aromatic N) is 3. The second-order valence-electron chi connectivity index (χ2n) is 12.8. The standard InChI is InChI=1S/C47H29N3O/c1-3-14-31(15-4-1)38-21-11-23-40-43-39(22-12-24-42(43)51-44(38)40)41-29-36(28-34-19-9-10-20-37(34)41)47-49-45(32-16-5-2-6-17-32)48-46(50-47)35-26-25-30-13-7-8-18-33(30)27-35/h1-29H. The molecule has 2 aromatic heterocycles. The van der Waals surface area contributed by atoms with E-state index in [4.69, 9.17) is 19.4 Å². The molecule has 51 heavy (non-hydrogen) atoms. The molecule has 0 bridgehead atoms. The molecule has 0 spiro atoms. The van der Waals surface area contributed by atoms with Crippen LogP contribution in [0.2, 0.25) is 0 Å². The second-order valence-corrected chi connectivity index (χ2v) is 12.8. The fraction of sp³-hybridized carbons (Fsp3) is 0. The zero-order chi connectivity index (χ0) is 33.7. The van der Waals surface area contributed by atoms with Gasteiger partial charge in [0.25, 0.3) is 0 Å². The molecule has 0 unspecified atom stereocenters. The highest BCUT2D eigenvalue weighted by atomic mass is 16.3. The van der Waals surface area contributed by atoms with Crippen molar-refractivity contribution in [3.05, 3.63) is 176 Å². The lowest BCUT2D eigenvalue weighted by Gasteiger charge is -2.13. The van der Waals surface area contributed by atoms with Crippen molar-refractivity contribution in [1.29, 1.82) is 0 Å². The Hall–Kier alpha value is -6.91. The Balaban J connectivity index is 1.21. The van der Waals surface area contributed by atoms with Gasteiger partial charge in [-0.3, -0.25) is 0 Å². The van der Waals surface area contributed by atoms with Crippen LogP contribution in [-0.2, 0) is 0 Å². The van der Waals surface area contributed by atoms with Gasteiger partial charge in [-0.05, 0) is 62.5 Å². The van der Waals surface area contributed by atoms with E-state index in [1.165, 1.54) is 5.39 Å². The Morgan fingerprint density at radius 2 is 0.922 bits per heavy atom. The number of aromatic nitrogens is 3. The minimum atomic E-state index is 0.620. The van der Waals surface area contributed by atoms with Gasteiger partial charge < -0.3 is 4.42 Å². The molecule has 4 nitrogen and oxygen atoms in total. The third-order valence-electron chi connectivity index (χ3n) is 9.69. The molecule has 0 N–H and O–H groups in total. The third-order valence-corrected chi connectivity index (χ3v) is 9.69. The van der Waals surface area contributed by atoms with Crippen molar-refractivity contribution in [3.63, 3.8) is 0 Å². The molecule has 4 heteroatoms. The summed E-state index contributed by atoms with van der Waals surface area (Å²) in [7, 11) is 0. The summed E-state index contributed by atoms with van der Waals surface area (Å²) in [5.74, 6) is 1.89. The maximum Gasteiger partial charge on any atom is 0.164 e. The SMILES string of the molecule is c1ccc(-c2nc(-c3ccc4ccccc4c3)nc(-c3cc(-c4cccc5oc6c(-c7ccccc7)cccc6c45)c4ccccc4c3)n2)cc1. The Bertz CT molecular complexity index is 2910. The molecular weight excluding hydrogens is 623 g/mol. The van der Waals surface area contributed by atoms with E-state index in [0.717, 1.165) is 77.0 Å². The minimum absolute atomic E-state index is 0.620. The topological polar surface area (TPSA) is 51.8 Å². The molecule has 0 aliphatic rings. The van der Waals surface area contributed by atoms with E-state index in [9.17, 15) is 0 Å². The zero-order valence-corrected chi connectivity index (χ0v) is 27.5. The van der Waals surface area contributed by atoms with Crippen molar-refractivity contribution in [1.82, 2.24) is 15.0 Å². The van der Waals surface area contributed by atoms with E-state index in [1.54, 1.807) is 0 Å². The van der Waals surface area contributed by atoms with Gasteiger partial charge in [-0.25, -0.2) is 15.0 Å². The Morgan fingerprint density at radius 1 is 0.333 bits per heavy atom. The molecule has 0 amide bonds. The van der Waals surface area contributed by atoms with E-state index in [-0.39, 0.29) is 0 Å². The van der Waals surface area contributed by atoms with Crippen LogP contribution in [0.15, 0.2) is 180 Å². The number of hydrogen-bond acceptors (Lipinski definition) is 4. The maximum atomic E-state index is 6.65. The van der Waals surface area contributed by atoms with E-state index >= 15 is 0 Å². The molecule has 8 aromatic carbocycles. The van der Waals surface area contributed by atoms with Gasteiger partial charge in [-0.15, -0.1) is 0 Å². The average molecular weight is 652 g/mol. The fourth-order valence-electron chi connectivity index (χ4n) is 7.26. The molecule has 0 saturated carbocycles. The van der Waals surface area contributed by atoms with Gasteiger partial charge in [-0.2, -0.15) is 0 Å². The first-order chi connectivity index (χ1) is 25.3. The van der Waals surface area contributed by atoms with Crippen LogP contribution >= 0.6 is 0 Å². The summed E-state index contributed by atoms with van der Waals surface area (Å²) < 4.78 is 6.65. The normalized spacial score (nSPS) is 11.5. The number of fused-ring (bicyclic) bond motifs is 5. The predicted molar refractivity (Wildman–Crippen MR) is 209 cm³/mol. The lowest BCUT2D eigenvalue weighted by atomic mass is 9.92. The first-order valence-corrected chi connectivity index (χ1v) is 17.1. The minimum Gasteiger partial charge on any atom is -0.455 e. The molecule has 238 valence electrons. The highest BCUT2D eigenvalue weighted by molar-refractivity contribution is 6.18. The number of rotatable bonds is 5. The van der Waals surface area contributed by atoms with Crippen molar-refractivity contribution in [2.45, 2.75) is 0 Å². The molecule has 0 aliphatic carbocycles. The molecule has 10 aromatic rings. The van der Waals surface area contributed by atoms with Crippen LogP contribution in [0.5, 0.6) is 0 Å². The molecule has 2 heterocycles. The van der Waals surface area contributed by atoms with Crippen molar-refractivity contribution >= 4 is 43.5 Å². The highest BCUT2D eigenvalue weighted by Gasteiger charge is 2.19. The monoisotopic (exact) mass is 651 g/mol. The van der Waals surface area contributed by atoms with Crippen LogP contribution < -0.4 is 0 Å². The summed E-state index contributed by atoms with van der Waals surface area (Å²) in [5.41, 5.74) is 8.93.